The molecule has 0 saturated heterocycles. The minimum atomic E-state index is -0.525. The molecule has 1 amide bonds. The molecule has 0 aliphatic rings. The number of aromatic nitrogens is 1. The van der Waals surface area contributed by atoms with Crippen LogP contribution < -0.4 is 21.8 Å². The molecule has 0 spiro atoms. The van der Waals surface area contributed by atoms with Crippen LogP contribution in [0.25, 0.3) is 16.8 Å². The molecule has 7 heteroatoms. The number of amides is 1. The fourth-order valence-electron chi connectivity index (χ4n) is 3.09. The Balaban J connectivity index is 0.00000420. The van der Waals surface area contributed by atoms with Gasteiger partial charge in [0.2, 0.25) is 5.91 Å². The zero-order chi connectivity index (χ0) is 20.9. The molecule has 160 valence electrons. The largest absolute Gasteiger partial charge is 0.491 e. The van der Waals surface area contributed by atoms with Gasteiger partial charge in [-0.05, 0) is 35.6 Å². The third-order valence-corrected chi connectivity index (χ3v) is 4.36. The molecule has 2 aromatic rings. The number of carbonyl (C=O) groups is 1. The summed E-state index contributed by atoms with van der Waals surface area (Å²) in [5, 5.41) is 1.28. The zero-order valence-corrected chi connectivity index (χ0v) is 18.5. The number of ether oxygens (including phenoxy) is 1. The summed E-state index contributed by atoms with van der Waals surface area (Å²) in [4.78, 5) is 24.3. The van der Waals surface area contributed by atoms with Crippen molar-refractivity contribution < 1.29 is 9.53 Å². The van der Waals surface area contributed by atoms with E-state index in [-0.39, 0.29) is 29.9 Å². The van der Waals surface area contributed by atoms with Crippen molar-refractivity contribution in [2.75, 3.05) is 6.61 Å². The molecule has 1 aromatic heterocycles. The predicted octanol–water partition coefficient (Wildman–Crippen LogP) is 3.61. The summed E-state index contributed by atoms with van der Waals surface area (Å²) < 4.78 is 7.86. The van der Waals surface area contributed by atoms with Crippen LogP contribution in [0.4, 0.5) is 0 Å². The van der Waals surface area contributed by atoms with Crippen LogP contribution in [0.3, 0.4) is 0 Å². The number of pyridine rings is 1. The van der Waals surface area contributed by atoms with E-state index in [0.717, 1.165) is 18.4 Å². The standard InChI is InChI=1S/C22H31N3O3.ClH/c1-5-6-11-28-20-17-12-15(8-10-19(24)26)7-9-16(17)21(27)25(18(20)13-23)14-22(2,3)4;/h7-10,12H,5-6,11,13-14,23H2,1-4H3,(H2,24,26);1H/b10-8+;. The first-order valence-electron chi connectivity index (χ1n) is 9.67. The van der Waals surface area contributed by atoms with Gasteiger partial charge >= 0.3 is 0 Å². The van der Waals surface area contributed by atoms with Crippen LogP contribution >= 0.6 is 12.4 Å². The number of nitrogens with zero attached hydrogens (tertiary/aromatic N) is 1. The van der Waals surface area contributed by atoms with E-state index in [1.807, 2.05) is 6.07 Å². The highest BCUT2D eigenvalue weighted by molar-refractivity contribution is 5.93. The van der Waals surface area contributed by atoms with E-state index in [0.29, 0.717) is 35.4 Å². The first-order chi connectivity index (χ1) is 13.2. The van der Waals surface area contributed by atoms with E-state index >= 15 is 0 Å². The van der Waals surface area contributed by atoms with E-state index in [1.54, 1.807) is 22.8 Å². The number of unbranched alkanes of at least 4 members (excludes halogenated alkanes) is 1. The summed E-state index contributed by atoms with van der Waals surface area (Å²) in [6, 6.07) is 5.41. The molecule has 6 nitrogen and oxygen atoms in total. The molecule has 0 radical (unpaired) electrons. The van der Waals surface area contributed by atoms with Crippen LogP contribution in [0.5, 0.6) is 5.75 Å². The SMILES string of the molecule is CCCCOc1c(CN)n(CC(C)(C)C)c(=O)c2ccc(/C=C/C(N)=O)cc12.Cl. The maximum Gasteiger partial charge on any atom is 0.258 e. The number of hydrogen-bond donors (Lipinski definition) is 2. The van der Waals surface area contributed by atoms with Gasteiger partial charge in [-0.2, -0.15) is 0 Å². The van der Waals surface area contributed by atoms with Gasteiger partial charge in [0.15, 0.2) is 0 Å². The highest BCUT2D eigenvalue weighted by Crippen LogP contribution is 2.31. The lowest BCUT2D eigenvalue weighted by molar-refractivity contribution is -0.113. The first kappa shape index (κ1) is 24.7. The number of fused-ring (bicyclic) bond motifs is 1. The third kappa shape index (κ3) is 6.34. The molecule has 0 unspecified atom stereocenters. The summed E-state index contributed by atoms with van der Waals surface area (Å²) in [7, 11) is 0. The van der Waals surface area contributed by atoms with Crippen molar-refractivity contribution in [1.29, 1.82) is 0 Å². The number of rotatable bonds is 8. The summed E-state index contributed by atoms with van der Waals surface area (Å²) in [5.74, 6) is 0.117. The van der Waals surface area contributed by atoms with Crippen LogP contribution in [0.2, 0.25) is 0 Å². The van der Waals surface area contributed by atoms with Crippen molar-refractivity contribution in [3.05, 3.63) is 45.9 Å². The second kappa shape index (κ2) is 10.5. The fraction of sp³-hybridized carbons (Fsp3) is 0.455. The second-order valence-corrected chi connectivity index (χ2v) is 8.17. The first-order valence-corrected chi connectivity index (χ1v) is 9.67. The van der Waals surface area contributed by atoms with Gasteiger partial charge in [0.25, 0.3) is 5.56 Å². The van der Waals surface area contributed by atoms with Crippen molar-refractivity contribution in [3.63, 3.8) is 0 Å². The molecule has 1 aromatic carbocycles. The van der Waals surface area contributed by atoms with E-state index in [2.05, 4.69) is 27.7 Å². The Labute approximate surface area is 178 Å². The van der Waals surface area contributed by atoms with Gasteiger partial charge < -0.3 is 20.8 Å². The average molecular weight is 422 g/mol. The van der Waals surface area contributed by atoms with Crippen LogP contribution in [0.15, 0.2) is 29.1 Å². The Morgan fingerprint density at radius 2 is 1.93 bits per heavy atom. The van der Waals surface area contributed by atoms with Crippen molar-refractivity contribution >= 4 is 35.2 Å². The Morgan fingerprint density at radius 1 is 1.24 bits per heavy atom. The number of benzene rings is 1. The summed E-state index contributed by atoms with van der Waals surface area (Å²) in [6.45, 7) is 9.63. The molecular weight excluding hydrogens is 390 g/mol. The predicted molar refractivity (Wildman–Crippen MR) is 121 cm³/mol. The Kier molecular flexibility index (Phi) is 8.92. The van der Waals surface area contributed by atoms with Crippen LogP contribution in [-0.4, -0.2) is 17.1 Å². The molecule has 1 heterocycles. The van der Waals surface area contributed by atoms with Crippen molar-refractivity contribution in [2.24, 2.45) is 16.9 Å². The lowest BCUT2D eigenvalue weighted by atomic mass is 9.96. The van der Waals surface area contributed by atoms with Crippen molar-refractivity contribution in [2.45, 2.75) is 53.6 Å². The molecule has 0 aliphatic carbocycles. The number of carbonyl (C=O) groups excluding carboxylic acids is 1. The monoisotopic (exact) mass is 421 g/mol. The van der Waals surface area contributed by atoms with Gasteiger partial charge in [-0.1, -0.05) is 40.2 Å². The van der Waals surface area contributed by atoms with Crippen LogP contribution in [0.1, 0.15) is 51.8 Å². The molecule has 4 N–H and O–H groups in total. The van der Waals surface area contributed by atoms with Gasteiger partial charge in [-0.25, -0.2) is 0 Å². The zero-order valence-electron chi connectivity index (χ0n) is 17.7. The molecule has 0 aliphatic heterocycles. The van der Waals surface area contributed by atoms with E-state index in [4.69, 9.17) is 16.2 Å². The molecule has 0 saturated carbocycles. The van der Waals surface area contributed by atoms with Gasteiger partial charge in [0, 0.05) is 24.6 Å². The van der Waals surface area contributed by atoms with Crippen molar-refractivity contribution in [3.8, 4) is 5.75 Å². The maximum atomic E-state index is 13.2. The van der Waals surface area contributed by atoms with Crippen LogP contribution in [0, 0.1) is 5.41 Å². The quantitative estimate of drug-likeness (QED) is 0.502. The minimum Gasteiger partial charge on any atom is -0.491 e. The Bertz CT molecular complexity index is 943. The normalized spacial score (nSPS) is 11.6. The lowest BCUT2D eigenvalue weighted by Crippen LogP contribution is -2.31. The summed E-state index contributed by atoms with van der Waals surface area (Å²) in [5.41, 5.74) is 12.5. The minimum absolute atomic E-state index is 0. The maximum absolute atomic E-state index is 13.2. The highest BCUT2D eigenvalue weighted by atomic mass is 35.5. The van der Waals surface area contributed by atoms with E-state index in [1.165, 1.54) is 6.08 Å². The number of hydrogen-bond acceptors (Lipinski definition) is 4. The second-order valence-electron chi connectivity index (χ2n) is 8.17. The van der Waals surface area contributed by atoms with E-state index < -0.39 is 5.91 Å². The van der Waals surface area contributed by atoms with Gasteiger partial charge in [0.05, 0.1) is 17.7 Å². The average Bonchev–Trinajstić information content (AvgIpc) is 2.62. The van der Waals surface area contributed by atoms with Crippen LogP contribution in [-0.2, 0) is 17.9 Å². The smallest absolute Gasteiger partial charge is 0.258 e. The Hall–Kier alpha value is -2.31. The van der Waals surface area contributed by atoms with Gasteiger partial charge in [-0.15, -0.1) is 12.4 Å². The lowest BCUT2D eigenvalue weighted by Gasteiger charge is -2.25. The topological polar surface area (TPSA) is 100 Å². The van der Waals surface area contributed by atoms with E-state index in [9.17, 15) is 9.59 Å². The Morgan fingerprint density at radius 3 is 2.48 bits per heavy atom. The highest BCUT2D eigenvalue weighted by Gasteiger charge is 2.21. The summed E-state index contributed by atoms with van der Waals surface area (Å²) in [6.07, 6.45) is 4.83. The van der Waals surface area contributed by atoms with Crippen molar-refractivity contribution in [1.82, 2.24) is 4.57 Å². The van der Waals surface area contributed by atoms with Gasteiger partial charge in [-0.3, -0.25) is 9.59 Å². The summed E-state index contributed by atoms with van der Waals surface area (Å²) >= 11 is 0. The molecule has 29 heavy (non-hydrogen) atoms. The number of primary amides is 1. The number of halogens is 1. The molecule has 2 rings (SSSR count). The van der Waals surface area contributed by atoms with Gasteiger partial charge in [0.1, 0.15) is 5.75 Å². The number of nitrogens with two attached hydrogens (primary N) is 2. The molecular formula is C22H32ClN3O3. The molecule has 0 fully saturated rings. The fourth-order valence-corrected chi connectivity index (χ4v) is 3.09. The molecule has 0 atom stereocenters. The molecule has 0 bridgehead atoms. The third-order valence-electron chi connectivity index (χ3n) is 4.36.